The molecule has 0 fully saturated rings. The molecule has 2 rings (SSSR count). The van der Waals surface area contributed by atoms with Gasteiger partial charge in [0, 0.05) is 17.4 Å². The maximum absolute atomic E-state index is 12.1. The molecular formula is C15H16N2O2. The number of carbonyl (C=O) groups is 1. The number of hydrogen-bond donors (Lipinski definition) is 2. The van der Waals surface area contributed by atoms with Crippen LogP contribution in [0.1, 0.15) is 27.2 Å². The van der Waals surface area contributed by atoms with Crippen LogP contribution in [0.25, 0.3) is 0 Å². The van der Waals surface area contributed by atoms with E-state index in [9.17, 15) is 4.79 Å². The Bertz CT molecular complexity index is 609. The van der Waals surface area contributed by atoms with Crippen LogP contribution in [-0.2, 0) is 6.61 Å². The van der Waals surface area contributed by atoms with E-state index in [0.717, 1.165) is 11.3 Å². The first-order chi connectivity index (χ1) is 9.10. The van der Waals surface area contributed by atoms with Gasteiger partial charge in [-0.25, -0.2) is 0 Å². The molecule has 4 nitrogen and oxygen atoms in total. The maximum atomic E-state index is 12.1. The van der Waals surface area contributed by atoms with Crippen LogP contribution < -0.4 is 5.32 Å². The second-order valence-corrected chi connectivity index (χ2v) is 4.45. The fraction of sp³-hybridized carbons (Fsp3) is 0.200. The highest BCUT2D eigenvalue weighted by molar-refractivity contribution is 6.04. The zero-order valence-corrected chi connectivity index (χ0v) is 11.0. The number of hydrogen-bond acceptors (Lipinski definition) is 3. The summed E-state index contributed by atoms with van der Waals surface area (Å²) in [6.07, 6.45) is 1.51. The number of aliphatic hydroxyl groups is 1. The Morgan fingerprint density at radius 1 is 1.21 bits per heavy atom. The molecule has 0 saturated heterocycles. The number of aryl methyl sites for hydroxylation is 2. The summed E-state index contributed by atoms with van der Waals surface area (Å²) in [6, 6.07) is 8.97. The summed E-state index contributed by atoms with van der Waals surface area (Å²) in [6.45, 7) is 3.85. The summed E-state index contributed by atoms with van der Waals surface area (Å²) in [7, 11) is 0. The molecule has 1 aromatic carbocycles. The molecule has 0 bridgehead atoms. The van der Waals surface area contributed by atoms with E-state index in [1.807, 2.05) is 32.0 Å². The van der Waals surface area contributed by atoms with Crippen LogP contribution in [0.2, 0.25) is 0 Å². The number of amides is 1. The number of pyridine rings is 1. The Labute approximate surface area is 112 Å². The molecule has 98 valence electrons. The van der Waals surface area contributed by atoms with E-state index < -0.39 is 0 Å². The molecule has 4 heteroatoms. The first-order valence-corrected chi connectivity index (χ1v) is 6.04. The molecule has 0 aliphatic carbocycles. The highest BCUT2D eigenvalue weighted by Crippen LogP contribution is 2.15. The molecule has 0 aliphatic rings. The lowest BCUT2D eigenvalue weighted by Gasteiger charge is -2.08. The number of anilines is 1. The minimum Gasteiger partial charge on any atom is -0.390 e. The number of carbonyl (C=O) groups excluding carboxylic acids is 1. The third-order valence-electron chi connectivity index (χ3n) is 3.01. The molecule has 0 saturated carbocycles. The van der Waals surface area contributed by atoms with Crippen molar-refractivity contribution >= 4 is 11.6 Å². The summed E-state index contributed by atoms with van der Waals surface area (Å²) >= 11 is 0. The fourth-order valence-corrected chi connectivity index (χ4v) is 1.73. The highest BCUT2D eigenvalue weighted by Gasteiger charge is 2.07. The third-order valence-corrected chi connectivity index (χ3v) is 3.01. The molecule has 0 atom stereocenters. The molecule has 2 N–H and O–H groups in total. The zero-order valence-electron chi connectivity index (χ0n) is 11.0. The lowest BCUT2D eigenvalue weighted by atomic mass is 10.1. The monoisotopic (exact) mass is 256 g/mol. The van der Waals surface area contributed by atoms with E-state index in [2.05, 4.69) is 10.3 Å². The number of rotatable bonds is 3. The van der Waals surface area contributed by atoms with Crippen molar-refractivity contribution in [3.8, 4) is 0 Å². The average molecular weight is 256 g/mol. The van der Waals surface area contributed by atoms with Crippen molar-refractivity contribution in [2.75, 3.05) is 5.32 Å². The third kappa shape index (κ3) is 3.17. The normalized spacial score (nSPS) is 10.3. The molecule has 0 radical (unpaired) electrons. The van der Waals surface area contributed by atoms with Crippen LogP contribution in [0.4, 0.5) is 5.69 Å². The van der Waals surface area contributed by atoms with Crippen LogP contribution in [0, 0.1) is 13.8 Å². The molecule has 1 heterocycles. The molecule has 1 amide bonds. The summed E-state index contributed by atoms with van der Waals surface area (Å²) in [5.74, 6) is -0.208. The number of aliphatic hydroxyl groups excluding tert-OH is 1. The van der Waals surface area contributed by atoms with Gasteiger partial charge in [0.2, 0.25) is 0 Å². The Kier molecular flexibility index (Phi) is 3.92. The minimum atomic E-state index is -0.208. The van der Waals surface area contributed by atoms with Crippen molar-refractivity contribution in [3.63, 3.8) is 0 Å². The van der Waals surface area contributed by atoms with Crippen molar-refractivity contribution in [1.82, 2.24) is 4.98 Å². The lowest BCUT2D eigenvalue weighted by molar-refractivity contribution is 0.102. The maximum Gasteiger partial charge on any atom is 0.255 e. The topological polar surface area (TPSA) is 62.2 Å². The van der Waals surface area contributed by atoms with Gasteiger partial charge in [0.15, 0.2) is 0 Å². The van der Waals surface area contributed by atoms with Crippen LogP contribution >= 0.6 is 0 Å². The molecule has 0 spiro atoms. The molecule has 19 heavy (non-hydrogen) atoms. The Balaban J connectivity index is 2.18. The van der Waals surface area contributed by atoms with Gasteiger partial charge in [-0.05, 0) is 49.2 Å². The van der Waals surface area contributed by atoms with Gasteiger partial charge in [-0.15, -0.1) is 0 Å². The van der Waals surface area contributed by atoms with E-state index in [4.69, 9.17) is 5.11 Å². The van der Waals surface area contributed by atoms with Gasteiger partial charge in [0.25, 0.3) is 5.91 Å². The number of aromatic nitrogens is 1. The summed E-state index contributed by atoms with van der Waals surface area (Å²) in [4.78, 5) is 16.0. The quantitative estimate of drug-likeness (QED) is 0.886. The predicted octanol–water partition coefficient (Wildman–Crippen LogP) is 2.44. The van der Waals surface area contributed by atoms with E-state index in [1.54, 1.807) is 12.1 Å². The summed E-state index contributed by atoms with van der Waals surface area (Å²) in [5, 5.41) is 11.8. The van der Waals surface area contributed by atoms with Gasteiger partial charge in [0.05, 0.1) is 12.3 Å². The fourth-order valence-electron chi connectivity index (χ4n) is 1.73. The van der Waals surface area contributed by atoms with Crippen molar-refractivity contribution in [1.29, 1.82) is 0 Å². The van der Waals surface area contributed by atoms with Crippen molar-refractivity contribution in [2.24, 2.45) is 0 Å². The molecule has 1 aromatic heterocycles. The predicted molar refractivity (Wildman–Crippen MR) is 74.0 cm³/mol. The van der Waals surface area contributed by atoms with Crippen molar-refractivity contribution in [2.45, 2.75) is 20.5 Å². The second-order valence-electron chi connectivity index (χ2n) is 4.45. The summed E-state index contributed by atoms with van der Waals surface area (Å²) < 4.78 is 0. The Hall–Kier alpha value is -2.20. The molecule has 2 aromatic rings. The van der Waals surface area contributed by atoms with Crippen LogP contribution in [0.3, 0.4) is 0 Å². The van der Waals surface area contributed by atoms with Gasteiger partial charge in [-0.3, -0.25) is 9.78 Å². The lowest BCUT2D eigenvalue weighted by Crippen LogP contribution is -2.12. The van der Waals surface area contributed by atoms with Crippen LogP contribution in [-0.4, -0.2) is 16.0 Å². The van der Waals surface area contributed by atoms with E-state index in [1.165, 1.54) is 11.8 Å². The first-order valence-electron chi connectivity index (χ1n) is 6.04. The van der Waals surface area contributed by atoms with Crippen LogP contribution in [0.5, 0.6) is 0 Å². The number of nitrogens with one attached hydrogen (secondary N) is 1. The Morgan fingerprint density at radius 3 is 2.68 bits per heavy atom. The van der Waals surface area contributed by atoms with Gasteiger partial charge >= 0.3 is 0 Å². The Morgan fingerprint density at radius 2 is 2.00 bits per heavy atom. The van der Waals surface area contributed by atoms with Gasteiger partial charge in [-0.2, -0.15) is 0 Å². The number of benzene rings is 1. The largest absolute Gasteiger partial charge is 0.390 e. The molecular weight excluding hydrogens is 240 g/mol. The van der Waals surface area contributed by atoms with Gasteiger partial charge < -0.3 is 10.4 Å². The highest BCUT2D eigenvalue weighted by atomic mass is 16.3. The first kappa shape index (κ1) is 13.2. The smallest absolute Gasteiger partial charge is 0.255 e. The standard InChI is InChI=1S/C15H16N2O2/c1-10-3-4-13(7-11(10)2)17-15(19)12-5-6-16-14(8-12)9-18/h3-8,18H,9H2,1-2H3,(H,17,19). The van der Waals surface area contributed by atoms with E-state index >= 15 is 0 Å². The number of nitrogens with zero attached hydrogens (tertiary/aromatic N) is 1. The van der Waals surface area contributed by atoms with Gasteiger partial charge in [0.1, 0.15) is 0 Å². The van der Waals surface area contributed by atoms with Crippen LogP contribution in [0.15, 0.2) is 36.5 Å². The van der Waals surface area contributed by atoms with Crippen molar-refractivity contribution in [3.05, 3.63) is 58.9 Å². The summed E-state index contributed by atoms with van der Waals surface area (Å²) in [5.41, 5.74) is 4.04. The SMILES string of the molecule is Cc1ccc(NC(=O)c2ccnc(CO)c2)cc1C. The zero-order chi connectivity index (χ0) is 13.8. The van der Waals surface area contributed by atoms with E-state index in [-0.39, 0.29) is 12.5 Å². The average Bonchev–Trinajstić information content (AvgIpc) is 2.43. The minimum absolute atomic E-state index is 0.176. The molecule has 0 unspecified atom stereocenters. The van der Waals surface area contributed by atoms with Crippen molar-refractivity contribution < 1.29 is 9.90 Å². The van der Waals surface area contributed by atoms with E-state index in [0.29, 0.717) is 11.3 Å². The van der Waals surface area contributed by atoms with Gasteiger partial charge in [-0.1, -0.05) is 6.07 Å². The molecule has 0 aliphatic heterocycles. The second kappa shape index (κ2) is 5.63.